The standard InChI is InChI=1S/C20H32N2O4/c1-15-10-22(11-16(2)26-15)20(3,4)14-21-19(23)13-25-12-17-7-6-8-18(9-17)24-5/h6-9,15-16H,10-14H2,1-5H3,(H,21,23)/t15-,16-/m0/s1. The molecule has 146 valence electrons. The first-order valence-electron chi connectivity index (χ1n) is 9.18. The third-order valence-corrected chi connectivity index (χ3v) is 4.63. The molecule has 6 nitrogen and oxygen atoms in total. The van der Waals surface area contributed by atoms with Gasteiger partial charge in [0.05, 0.1) is 25.9 Å². The van der Waals surface area contributed by atoms with E-state index < -0.39 is 0 Å². The number of rotatable bonds is 8. The van der Waals surface area contributed by atoms with Crippen molar-refractivity contribution in [1.82, 2.24) is 10.2 Å². The van der Waals surface area contributed by atoms with Gasteiger partial charge in [-0.1, -0.05) is 12.1 Å². The van der Waals surface area contributed by atoms with E-state index in [4.69, 9.17) is 14.2 Å². The molecular weight excluding hydrogens is 332 g/mol. The minimum Gasteiger partial charge on any atom is -0.497 e. The summed E-state index contributed by atoms with van der Waals surface area (Å²) in [7, 11) is 1.63. The fourth-order valence-electron chi connectivity index (χ4n) is 3.17. The molecule has 1 heterocycles. The minimum absolute atomic E-state index is 0.0448. The Balaban J connectivity index is 1.73. The molecule has 6 heteroatoms. The summed E-state index contributed by atoms with van der Waals surface area (Å²) in [5.74, 6) is 0.682. The molecule has 1 saturated heterocycles. The second-order valence-electron chi connectivity index (χ2n) is 7.60. The SMILES string of the molecule is COc1cccc(COCC(=O)NCC(C)(C)N2C[C@H](C)O[C@@H](C)C2)c1. The van der Waals surface area contributed by atoms with Crippen molar-refractivity contribution in [3.05, 3.63) is 29.8 Å². The molecule has 0 spiro atoms. The van der Waals surface area contributed by atoms with Crippen LogP contribution in [-0.2, 0) is 20.9 Å². The zero-order valence-electron chi connectivity index (χ0n) is 16.6. The zero-order chi connectivity index (χ0) is 19.2. The van der Waals surface area contributed by atoms with Crippen LogP contribution in [0.4, 0.5) is 0 Å². The van der Waals surface area contributed by atoms with Crippen LogP contribution < -0.4 is 10.1 Å². The molecule has 1 aromatic rings. The smallest absolute Gasteiger partial charge is 0.246 e. The average Bonchev–Trinajstić information content (AvgIpc) is 2.59. The summed E-state index contributed by atoms with van der Waals surface area (Å²) < 4.78 is 16.5. The lowest BCUT2D eigenvalue weighted by atomic mass is 10.00. The Labute approximate surface area is 156 Å². The lowest BCUT2D eigenvalue weighted by Crippen LogP contribution is -2.58. The number of hydrogen-bond acceptors (Lipinski definition) is 5. The van der Waals surface area contributed by atoms with Gasteiger partial charge in [-0.15, -0.1) is 0 Å². The van der Waals surface area contributed by atoms with Crippen LogP contribution in [0.5, 0.6) is 5.75 Å². The number of methoxy groups -OCH3 is 1. The molecule has 0 bridgehead atoms. The summed E-state index contributed by atoms with van der Waals surface area (Å²) in [6, 6.07) is 7.64. The van der Waals surface area contributed by atoms with Crippen molar-refractivity contribution < 1.29 is 19.0 Å². The number of carbonyl (C=O) groups is 1. The monoisotopic (exact) mass is 364 g/mol. The van der Waals surface area contributed by atoms with Crippen LogP contribution in [0.15, 0.2) is 24.3 Å². The van der Waals surface area contributed by atoms with Gasteiger partial charge in [0.1, 0.15) is 12.4 Å². The molecule has 0 aliphatic carbocycles. The molecule has 2 atom stereocenters. The fourth-order valence-corrected chi connectivity index (χ4v) is 3.17. The molecule has 0 saturated carbocycles. The normalized spacial score (nSPS) is 21.4. The summed E-state index contributed by atoms with van der Waals surface area (Å²) in [5, 5.41) is 2.99. The molecule has 26 heavy (non-hydrogen) atoms. The first kappa shape index (κ1) is 20.7. The van der Waals surface area contributed by atoms with Crippen LogP contribution in [0.25, 0.3) is 0 Å². The van der Waals surface area contributed by atoms with E-state index in [-0.39, 0.29) is 30.3 Å². The van der Waals surface area contributed by atoms with E-state index in [0.717, 1.165) is 24.4 Å². The summed E-state index contributed by atoms with van der Waals surface area (Å²) in [6.45, 7) is 11.2. The van der Waals surface area contributed by atoms with Crippen molar-refractivity contribution in [3.8, 4) is 5.75 Å². The predicted molar refractivity (Wildman–Crippen MR) is 101 cm³/mol. The van der Waals surface area contributed by atoms with Gasteiger partial charge in [0.25, 0.3) is 0 Å². The van der Waals surface area contributed by atoms with Gasteiger partial charge >= 0.3 is 0 Å². The van der Waals surface area contributed by atoms with Gasteiger partial charge in [-0.3, -0.25) is 9.69 Å². The van der Waals surface area contributed by atoms with Crippen molar-refractivity contribution >= 4 is 5.91 Å². The number of nitrogens with one attached hydrogen (secondary N) is 1. The third-order valence-electron chi connectivity index (χ3n) is 4.63. The van der Waals surface area contributed by atoms with Gasteiger partial charge in [0.15, 0.2) is 0 Å². The van der Waals surface area contributed by atoms with Crippen molar-refractivity contribution in [2.24, 2.45) is 0 Å². The maximum Gasteiger partial charge on any atom is 0.246 e. The van der Waals surface area contributed by atoms with Crippen molar-refractivity contribution in [2.45, 2.75) is 52.0 Å². The molecule has 2 rings (SSSR count). The number of ether oxygens (including phenoxy) is 3. The Morgan fingerprint density at radius 1 is 1.31 bits per heavy atom. The average molecular weight is 364 g/mol. The van der Waals surface area contributed by atoms with Crippen LogP contribution in [0.1, 0.15) is 33.3 Å². The highest BCUT2D eigenvalue weighted by molar-refractivity contribution is 5.77. The second-order valence-corrected chi connectivity index (χ2v) is 7.60. The van der Waals surface area contributed by atoms with Crippen LogP contribution in [0.3, 0.4) is 0 Å². The Hall–Kier alpha value is -1.63. The van der Waals surface area contributed by atoms with Gasteiger partial charge in [0, 0.05) is 25.2 Å². The van der Waals surface area contributed by atoms with Crippen molar-refractivity contribution in [1.29, 1.82) is 0 Å². The Morgan fingerprint density at radius 3 is 2.65 bits per heavy atom. The van der Waals surface area contributed by atoms with Crippen LogP contribution in [0.2, 0.25) is 0 Å². The summed E-state index contributed by atoms with van der Waals surface area (Å²) in [4.78, 5) is 14.5. The van der Waals surface area contributed by atoms with E-state index in [1.807, 2.05) is 24.3 Å². The van der Waals surface area contributed by atoms with E-state index in [0.29, 0.717) is 13.2 Å². The Kier molecular flexibility index (Phi) is 7.43. The van der Waals surface area contributed by atoms with Gasteiger partial charge < -0.3 is 19.5 Å². The highest BCUT2D eigenvalue weighted by Gasteiger charge is 2.33. The molecule has 0 unspecified atom stereocenters. The van der Waals surface area contributed by atoms with Gasteiger partial charge in [-0.25, -0.2) is 0 Å². The van der Waals surface area contributed by atoms with E-state index in [1.165, 1.54) is 0 Å². The van der Waals surface area contributed by atoms with Gasteiger partial charge in [0.2, 0.25) is 5.91 Å². The summed E-state index contributed by atoms with van der Waals surface area (Å²) in [6.07, 6.45) is 0.417. The third kappa shape index (κ3) is 6.27. The minimum atomic E-state index is -0.130. The topological polar surface area (TPSA) is 60.0 Å². The molecule has 1 N–H and O–H groups in total. The highest BCUT2D eigenvalue weighted by Crippen LogP contribution is 2.20. The van der Waals surface area contributed by atoms with Crippen LogP contribution in [-0.4, -0.2) is 61.9 Å². The van der Waals surface area contributed by atoms with Gasteiger partial charge in [-0.2, -0.15) is 0 Å². The number of nitrogens with zero attached hydrogens (tertiary/aromatic N) is 1. The lowest BCUT2D eigenvalue weighted by Gasteiger charge is -2.45. The molecule has 1 aliphatic heterocycles. The Bertz CT molecular complexity index is 581. The quantitative estimate of drug-likeness (QED) is 0.766. The molecule has 1 aliphatic rings. The van der Waals surface area contributed by atoms with Crippen molar-refractivity contribution in [2.75, 3.05) is 33.4 Å². The number of benzene rings is 1. The zero-order valence-corrected chi connectivity index (χ0v) is 16.6. The fraction of sp³-hybridized carbons (Fsp3) is 0.650. The lowest BCUT2D eigenvalue weighted by molar-refractivity contribution is -0.127. The first-order chi connectivity index (χ1) is 12.3. The molecule has 0 radical (unpaired) electrons. The Morgan fingerprint density at radius 2 is 2.00 bits per heavy atom. The maximum atomic E-state index is 12.1. The summed E-state index contributed by atoms with van der Waals surface area (Å²) >= 11 is 0. The molecule has 1 amide bonds. The number of morpholine rings is 1. The largest absolute Gasteiger partial charge is 0.497 e. The van der Waals surface area contributed by atoms with Gasteiger partial charge in [-0.05, 0) is 45.4 Å². The first-order valence-corrected chi connectivity index (χ1v) is 9.18. The molecule has 0 aromatic heterocycles. The molecular formula is C20H32N2O4. The van der Waals surface area contributed by atoms with E-state index in [9.17, 15) is 4.79 Å². The van der Waals surface area contributed by atoms with Crippen molar-refractivity contribution in [3.63, 3.8) is 0 Å². The predicted octanol–water partition coefficient (Wildman–Crippen LogP) is 2.22. The van der Waals surface area contributed by atoms with E-state index in [2.05, 4.69) is 37.9 Å². The maximum absolute atomic E-state index is 12.1. The molecule has 1 fully saturated rings. The molecule has 1 aromatic carbocycles. The van der Waals surface area contributed by atoms with E-state index >= 15 is 0 Å². The second kappa shape index (κ2) is 9.35. The van der Waals surface area contributed by atoms with Crippen LogP contribution in [0, 0.1) is 0 Å². The highest BCUT2D eigenvalue weighted by atomic mass is 16.5. The van der Waals surface area contributed by atoms with E-state index in [1.54, 1.807) is 7.11 Å². The number of carbonyl (C=O) groups excluding carboxylic acids is 1. The number of hydrogen-bond donors (Lipinski definition) is 1. The number of amides is 1. The van der Waals surface area contributed by atoms with Crippen LogP contribution >= 0.6 is 0 Å². The summed E-state index contributed by atoms with van der Waals surface area (Å²) in [5.41, 5.74) is 0.850.